The maximum atomic E-state index is 9.84. The van der Waals surface area contributed by atoms with Crippen LogP contribution in [0.5, 0.6) is 0 Å². The van der Waals surface area contributed by atoms with Crippen LogP contribution in [-0.2, 0) is 0 Å². The Labute approximate surface area is 125 Å². The summed E-state index contributed by atoms with van der Waals surface area (Å²) in [7, 11) is 3.74. The summed E-state index contributed by atoms with van der Waals surface area (Å²) in [4.78, 5) is 10.4. The number of hydrogen-bond acceptors (Lipinski definition) is 5. The smallest absolute Gasteiger partial charge is 0.228 e. The number of hydrogen-bond donors (Lipinski definition) is 2. The standard InChI is InChI=1S/C11H16ClIN4O/c1-17(2)11-15-9(12)8(13)10(16-11)14-6-4-3-5-7(6)18/h6-7,18H,3-5H2,1-2H3,(H,14,15,16)/t6-,7-/m1/s1. The number of rotatable bonds is 3. The Hall–Kier alpha value is -0.340. The third kappa shape index (κ3) is 2.97. The average Bonchev–Trinajstić information content (AvgIpc) is 2.70. The predicted octanol–water partition coefficient (Wildman–Crippen LogP) is 2.13. The summed E-state index contributed by atoms with van der Waals surface area (Å²) in [6.07, 6.45) is 2.52. The maximum absolute atomic E-state index is 9.84. The van der Waals surface area contributed by atoms with Gasteiger partial charge in [0.25, 0.3) is 0 Å². The Kier molecular flexibility index (Phi) is 4.50. The molecule has 0 spiro atoms. The zero-order valence-corrected chi connectivity index (χ0v) is 13.2. The van der Waals surface area contributed by atoms with Gasteiger partial charge in [-0.3, -0.25) is 0 Å². The molecule has 7 heteroatoms. The van der Waals surface area contributed by atoms with Crippen molar-refractivity contribution >= 4 is 46.0 Å². The Morgan fingerprint density at radius 3 is 2.67 bits per heavy atom. The lowest BCUT2D eigenvalue weighted by Gasteiger charge is -2.20. The van der Waals surface area contributed by atoms with Gasteiger partial charge < -0.3 is 15.3 Å². The molecule has 1 aromatic rings. The number of anilines is 2. The summed E-state index contributed by atoms with van der Waals surface area (Å²) in [6, 6.07) is 0.0551. The normalized spacial score (nSPS) is 23.2. The van der Waals surface area contributed by atoms with E-state index in [-0.39, 0.29) is 12.1 Å². The van der Waals surface area contributed by atoms with Gasteiger partial charge in [-0.25, -0.2) is 0 Å². The molecule has 1 aliphatic carbocycles. The Bertz CT molecular complexity index is 443. The van der Waals surface area contributed by atoms with Gasteiger partial charge in [-0.2, -0.15) is 9.97 Å². The molecule has 1 heterocycles. The van der Waals surface area contributed by atoms with E-state index in [4.69, 9.17) is 11.6 Å². The Morgan fingerprint density at radius 1 is 1.39 bits per heavy atom. The summed E-state index contributed by atoms with van der Waals surface area (Å²) < 4.78 is 0.791. The number of nitrogens with zero attached hydrogens (tertiary/aromatic N) is 3. The lowest BCUT2D eigenvalue weighted by atomic mass is 10.2. The van der Waals surface area contributed by atoms with E-state index in [0.29, 0.717) is 16.9 Å². The van der Waals surface area contributed by atoms with E-state index in [0.717, 1.165) is 22.8 Å². The summed E-state index contributed by atoms with van der Waals surface area (Å²) in [5, 5.41) is 13.5. The van der Waals surface area contributed by atoms with Crippen LogP contribution >= 0.6 is 34.2 Å². The average molecular weight is 383 g/mol. The van der Waals surface area contributed by atoms with Gasteiger partial charge in [0.05, 0.1) is 15.7 Å². The third-order valence-electron chi connectivity index (χ3n) is 3.00. The highest BCUT2D eigenvalue weighted by molar-refractivity contribution is 14.1. The number of halogens is 2. The fourth-order valence-electron chi connectivity index (χ4n) is 1.99. The molecule has 0 saturated heterocycles. The van der Waals surface area contributed by atoms with Crippen LogP contribution < -0.4 is 10.2 Å². The van der Waals surface area contributed by atoms with Crippen LogP contribution in [0.25, 0.3) is 0 Å². The largest absolute Gasteiger partial charge is 0.391 e. The number of aromatic nitrogens is 2. The Morgan fingerprint density at radius 2 is 2.11 bits per heavy atom. The van der Waals surface area contributed by atoms with Crippen LogP contribution in [0.15, 0.2) is 0 Å². The lowest BCUT2D eigenvalue weighted by molar-refractivity contribution is 0.171. The van der Waals surface area contributed by atoms with Gasteiger partial charge in [-0.05, 0) is 41.9 Å². The first-order chi connectivity index (χ1) is 8.49. The molecule has 5 nitrogen and oxygen atoms in total. The molecule has 1 aliphatic rings. The van der Waals surface area contributed by atoms with Crippen LogP contribution in [0, 0.1) is 3.57 Å². The summed E-state index contributed by atoms with van der Waals surface area (Å²) in [5.74, 6) is 1.26. The minimum absolute atomic E-state index is 0.0551. The zero-order valence-electron chi connectivity index (χ0n) is 10.3. The van der Waals surface area contributed by atoms with E-state index < -0.39 is 0 Å². The third-order valence-corrected chi connectivity index (χ3v) is 4.61. The molecule has 18 heavy (non-hydrogen) atoms. The summed E-state index contributed by atoms with van der Waals surface area (Å²) >= 11 is 8.22. The fraction of sp³-hybridized carbons (Fsp3) is 0.636. The van der Waals surface area contributed by atoms with Crippen LogP contribution in [0.4, 0.5) is 11.8 Å². The second kappa shape index (κ2) is 5.75. The van der Waals surface area contributed by atoms with E-state index in [2.05, 4.69) is 37.9 Å². The minimum atomic E-state index is -0.308. The van der Waals surface area contributed by atoms with E-state index in [1.807, 2.05) is 14.1 Å². The van der Waals surface area contributed by atoms with E-state index in [9.17, 15) is 5.11 Å². The highest BCUT2D eigenvalue weighted by atomic mass is 127. The van der Waals surface area contributed by atoms with Crippen molar-refractivity contribution in [2.24, 2.45) is 0 Å². The molecular formula is C11H16ClIN4O. The van der Waals surface area contributed by atoms with Crippen molar-refractivity contribution < 1.29 is 5.11 Å². The first-order valence-corrected chi connectivity index (χ1v) is 7.29. The van der Waals surface area contributed by atoms with Crippen LogP contribution in [-0.4, -0.2) is 41.3 Å². The van der Waals surface area contributed by atoms with Crippen molar-refractivity contribution in [1.82, 2.24) is 9.97 Å². The number of aliphatic hydroxyl groups is 1. The van der Waals surface area contributed by atoms with Gasteiger partial charge in [-0.1, -0.05) is 11.6 Å². The molecule has 2 rings (SSSR count). The van der Waals surface area contributed by atoms with Gasteiger partial charge in [0.15, 0.2) is 0 Å². The first kappa shape index (κ1) is 14.1. The first-order valence-electron chi connectivity index (χ1n) is 5.84. The molecule has 0 bridgehead atoms. The molecule has 0 unspecified atom stereocenters. The lowest BCUT2D eigenvalue weighted by Crippen LogP contribution is -2.29. The van der Waals surface area contributed by atoms with Gasteiger partial charge in [-0.15, -0.1) is 0 Å². The molecule has 100 valence electrons. The maximum Gasteiger partial charge on any atom is 0.228 e. The number of aliphatic hydroxyl groups excluding tert-OH is 1. The second-order valence-electron chi connectivity index (χ2n) is 4.62. The molecule has 1 fully saturated rings. The van der Waals surface area contributed by atoms with Crippen LogP contribution in [0.3, 0.4) is 0 Å². The summed E-state index contributed by atoms with van der Waals surface area (Å²) in [5.41, 5.74) is 0. The quantitative estimate of drug-likeness (QED) is 0.619. The van der Waals surface area contributed by atoms with Crippen molar-refractivity contribution in [3.63, 3.8) is 0 Å². The number of nitrogens with one attached hydrogen (secondary N) is 1. The molecule has 2 N–H and O–H groups in total. The van der Waals surface area contributed by atoms with Crippen molar-refractivity contribution in [3.8, 4) is 0 Å². The van der Waals surface area contributed by atoms with Crippen molar-refractivity contribution in [2.75, 3.05) is 24.3 Å². The minimum Gasteiger partial charge on any atom is -0.391 e. The van der Waals surface area contributed by atoms with Gasteiger partial charge >= 0.3 is 0 Å². The predicted molar refractivity (Wildman–Crippen MR) is 81.4 cm³/mol. The highest BCUT2D eigenvalue weighted by Crippen LogP contribution is 2.29. The van der Waals surface area contributed by atoms with Crippen molar-refractivity contribution in [1.29, 1.82) is 0 Å². The van der Waals surface area contributed by atoms with Crippen molar-refractivity contribution in [3.05, 3.63) is 8.72 Å². The van der Waals surface area contributed by atoms with Gasteiger partial charge in [0.2, 0.25) is 5.95 Å². The van der Waals surface area contributed by atoms with E-state index in [1.165, 1.54) is 0 Å². The monoisotopic (exact) mass is 382 g/mol. The summed E-state index contributed by atoms with van der Waals surface area (Å²) in [6.45, 7) is 0. The molecule has 0 aliphatic heterocycles. The molecular weight excluding hydrogens is 367 g/mol. The molecule has 2 atom stereocenters. The molecule has 1 saturated carbocycles. The van der Waals surface area contributed by atoms with Gasteiger partial charge in [0.1, 0.15) is 11.0 Å². The Balaban J connectivity index is 2.25. The highest BCUT2D eigenvalue weighted by Gasteiger charge is 2.26. The van der Waals surface area contributed by atoms with Crippen LogP contribution in [0.2, 0.25) is 5.15 Å². The molecule has 0 amide bonds. The SMILES string of the molecule is CN(C)c1nc(Cl)c(I)c(N[C@@H]2CCC[C@H]2O)n1. The molecule has 0 aromatic carbocycles. The van der Waals surface area contributed by atoms with E-state index >= 15 is 0 Å². The molecule has 0 radical (unpaired) electrons. The van der Waals surface area contributed by atoms with E-state index in [1.54, 1.807) is 4.90 Å². The zero-order chi connectivity index (χ0) is 13.3. The topological polar surface area (TPSA) is 61.3 Å². The second-order valence-corrected chi connectivity index (χ2v) is 6.06. The van der Waals surface area contributed by atoms with Gasteiger partial charge in [0, 0.05) is 14.1 Å². The van der Waals surface area contributed by atoms with Crippen LogP contribution in [0.1, 0.15) is 19.3 Å². The van der Waals surface area contributed by atoms with Crippen molar-refractivity contribution in [2.45, 2.75) is 31.4 Å². The fourth-order valence-corrected chi connectivity index (χ4v) is 2.55. The molecule has 1 aromatic heterocycles.